The lowest BCUT2D eigenvalue weighted by Gasteiger charge is -2.24. The highest BCUT2D eigenvalue weighted by molar-refractivity contribution is 7.91. The molecule has 2 heterocycles. The Bertz CT molecular complexity index is 1440. The Kier molecular flexibility index (Phi) is 6.18. The number of nitrogens with two attached hydrogens (primary N) is 1. The number of aliphatic hydroxyl groups excluding tert-OH is 1. The van der Waals surface area contributed by atoms with Crippen molar-refractivity contribution in [1.29, 1.82) is 5.26 Å². The van der Waals surface area contributed by atoms with Gasteiger partial charge in [0.25, 0.3) is 5.89 Å². The van der Waals surface area contributed by atoms with Gasteiger partial charge in [-0.3, -0.25) is 4.79 Å². The summed E-state index contributed by atoms with van der Waals surface area (Å²) in [7, 11) is -4.11. The van der Waals surface area contributed by atoms with E-state index in [4.69, 9.17) is 15.4 Å². The Morgan fingerprint density at radius 1 is 1.29 bits per heavy atom. The fourth-order valence-electron chi connectivity index (χ4n) is 3.59. The molecule has 1 atom stereocenters. The second kappa shape index (κ2) is 8.84. The number of amides is 1. The third-order valence-corrected chi connectivity index (χ3v) is 7.51. The molecular formula is C23H22FN5O5S. The zero-order chi connectivity index (χ0) is 25.5. The van der Waals surface area contributed by atoms with Crippen molar-refractivity contribution in [3.8, 4) is 17.5 Å². The Labute approximate surface area is 200 Å². The minimum absolute atomic E-state index is 0.0597. The van der Waals surface area contributed by atoms with E-state index >= 15 is 4.39 Å². The number of aliphatic hydroxyl groups is 1. The zero-order valence-electron chi connectivity index (χ0n) is 18.9. The van der Waals surface area contributed by atoms with Crippen LogP contribution in [-0.2, 0) is 26.6 Å². The predicted octanol–water partition coefficient (Wildman–Crippen LogP) is 1.67. The van der Waals surface area contributed by atoms with Gasteiger partial charge < -0.3 is 20.2 Å². The number of hydrogen-bond acceptors (Lipinski definition) is 9. The Morgan fingerprint density at radius 3 is 2.60 bits per heavy atom. The molecule has 12 heteroatoms. The van der Waals surface area contributed by atoms with Crippen molar-refractivity contribution in [3.05, 3.63) is 59.2 Å². The Morgan fingerprint density at radius 2 is 1.97 bits per heavy atom. The number of anilines is 1. The Hall–Kier alpha value is -3.66. The molecule has 0 aliphatic carbocycles. The van der Waals surface area contributed by atoms with Gasteiger partial charge in [-0.05, 0) is 43.7 Å². The van der Waals surface area contributed by atoms with Crippen molar-refractivity contribution in [3.63, 3.8) is 0 Å². The van der Waals surface area contributed by atoms with Crippen LogP contribution in [0.1, 0.15) is 30.9 Å². The average Bonchev–Trinajstić information content (AvgIpc) is 3.31. The van der Waals surface area contributed by atoms with E-state index in [9.17, 15) is 18.3 Å². The van der Waals surface area contributed by atoms with Crippen molar-refractivity contribution >= 4 is 21.4 Å². The van der Waals surface area contributed by atoms with Crippen LogP contribution < -0.4 is 10.6 Å². The van der Waals surface area contributed by atoms with E-state index in [1.54, 1.807) is 38.1 Å². The van der Waals surface area contributed by atoms with Gasteiger partial charge in [0.15, 0.2) is 9.84 Å². The molecule has 1 aromatic heterocycles. The number of sulfone groups is 1. The minimum atomic E-state index is -4.11. The third kappa shape index (κ3) is 4.53. The van der Waals surface area contributed by atoms with E-state index < -0.39 is 38.8 Å². The lowest BCUT2D eigenvalue weighted by atomic mass is 9.95. The summed E-state index contributed by atoms with van der Waals surface area (Å²) in [5.41, 5.74) is 5.75. The molecule has 3 N–H and O–H groups in total. The summed E-state index contributed by atoms with van der Waals surface area (Å²) >= 11 is 0. The molecule has 182 valence electrons. The molecule has 0 radical (unpaired) electrons. The monoisotopic (exact) mass is 499 g/mol. The number of carbonyl (C=O) groups is 1. The molecule has 1 aliphatic heterocycles. The van der Waals surface area contributed by atoms with E-state index in [2.05, 4.69) is 10.2 Å². The number of benzene rings is 2. The van der Waals surface area contributed by atoms with Crippen LogP contribution in [0, 0.1) is 17.1 Å². The molecule has 35 heavy (non-hydrogen) atoms. The van der Waals surface area contributed by atoms with Crippen LogP contribution in [0.25, 0.3) is 11.5 Å². The van der Waals surface area contributed by atoms with Crippen LogP contribution >= 0.6 is 0 Å². The summed E-state index contributed by atoms with van der Waals surface area (Å²) in [4.78, 5) is 13.9. The fourth-order valence-corrected chi connectivity index (χ4v) is 5.15. The molecule has 0 spiro atoms. The standard InChI is InChI=1S/C23H22FN5O5S/c1-23(2,12-30)22-28-27-20(34-22)15-7-18-19(8-16(15)24)35(32,33)11-17(26)21(31)29(18)10-14-5-3-13(9-25)4-6-14/h3-8,17,30H,10-12,26H2,1-2H3/t17-/m0/s1. The van der Waals surface area contributed by atoms with Crippen LogP contribution in [0.5, 0.6) is 0 Å². The number of hydrogen-bond donors (Lipinski definition) is 2. The number of nitrogens with zero attached hydrogens (tertiary/aromatic N) is 4. The summed E-state index contributed by atoms with van der Waals surface area (Å²) in [6.45, 7) is 2.94. The molecule has 0 bridgehead atoms. The Balaban J connectivity index is 1.87. The number of halogens is 1. The minimum Gasteiger partial charge on any atom is -0.420 e. The highest BCUT2D eigenvalue weighted by Crippen LogP contribution is 2.37. The van der Waals surface area contributed by atoms with Crippen molar-refractivity contribution in [1.82, 2.24) is 10.2 Å². The van der Waals surface area contributed by atoms with Crippen molar-refractivity contribution < 1.29 is 27.1 Å². The zero-order valence-corrected chi connectivity index (χ0v) is 19.7. The second-order valence-corrected chi connectivity index (χ2v) is 10.9. The summed E-state index contributed by atoms with van der Waals surface area (Å²) in [6.07, 6.45) is 0. The topological polar surface area (TPSA) is 163 Å². The van der Waals surface area contributed by atoms with Gasteiger partial charge in [-0.25, -0.2) is 12.8 Å². The molecule has 0 saturated carbocycles. The first-order chi connectivity index (χ1) is 16.5. The SMILES string of the molecule is CC(C)(CO)c1nnc(-c2cc3c(cc2F)S(=O)(=O)C[C@H](N)C(=O)N3Cc2ccc(C#N)cc2)o1. The lowest BCUT2D eigenvalue weighted by Crippen LogP contribution is -2.45. The van der Waals surface area contributed by atoms with Crippen molar-refractivity contribution in [2.45, 2.75) is 36.7 Å². The number of carbonyl (C=O) groups excluding carboxylic acids is 1. The first-order valence-corrected chi connectivity index (χ1v) is 12.2. The van der Waals surface area contributed by atoms with Gasteiger partial charge >= 0.3 is 0 Å². The number of fused-ring (bicyclic) bond motifs is 1. The number of nitriles is 1. The summed E-state index contributed by atoms with van der Waals surface area (Å²) < 4.78 is 46.7. The van der Waals surface area contributed by atoms with Crippen molar-refractivity contribution in [2.75, 3.05) is 17.3 Å². The van der Waals surface area contributed by atoms with Crippen molar-refractivity contribution in [2.24, 2.45) is 5.73 Å². The van der Waals surface area contributed by atoms with Crippen LogP contribution in [0.15, 0.2) is 45.7 Å². The number of rotatable bonds is 5. The maximum atomic E-state index is 15.2. The van der Waals surface area contributed by atoms with E-state index in [-0.39, 0.29) is 41.1 Å². The maximum absolute atomic E-state index is 15.2. The highest BCUT2D eigenvalue weighted by Gasteiger charge is 2.38. The largest absolute Gasteiger partial charge is 0.420 e. The molecule has 0 fully saturated rings. The quantitative estimate of drug-likeness (QED) is 0.531. The van der Waals surface area contributed by atoms with Gasteiger partial charge in [0.05, 0.1) is 58.1 Å². The third-order valence-electron chi connectivity index (χ3n) is 5.71. The summed E-state index contributed by atoms with van der Waals surface area (Å²) in [5, 5.41) is 26.3. The van der Waals surface area contributed by atoms with Gasteiger partial charge in [-0.15, -0.1) is 10.2 Å². The molecule has 1 amide bonds. The molecule has 4 rings (SSSR count). The molecule has 0 unspecified atom stereocenters. The molecular weight excluding hydrogens is 477 g/mol. The first kappa shape index (κ1) is 24.5. The molecule has 1 aliphatic rings. The lowest BCUT2D eigenvalue weighted by molar-refractivity contribution is -0.119. The fraction of sp³-hybridized carbons (Fsp3) is 0.304. The normalized spacial score (nSPS) is 17.5. The van der Waals surface area contributed by atoms with E-state index in [1.807, 2.05) is 6.07 Å². The van der Waals surface area contributed by atoms with Gasteiger partial charge in [0.2, 0.25) is 11.8 Å². The van der Waals surface area contributed by atoms with Crippen LogP contribution in [-0.4, -0.2) is 48.0 Å². The van der Waals surface area contributed by atoms with E-state index in [0.29, 0.717) is 11.1 Å². The van der Waals surface area contributed by atoms with Gasteiger partial charge in [0, 0.05) is 0 Å². The number of aromatic nitrogens is 2. The van der Waals surface area contributed by atoms with Crippen LogP contribution in [0.4, 0.5) is 10.1 Å². The second-order valence-electron chi connectivity index (χ2n) is 8.88. The van der Waals surface area contributed by atoms with Gasteiger partial charge in [-0.2, -0.15) is 5.26 Å². The first-order valence-electron chi connectivity index (χ1n) is 10.5. The van der Waals surface area contributed by atoms with Gasteiger partial charge in [0.1, 0.15) is 5.82 Å². The molecule has 3 aromatic rings. The predicted molar refractivity (Wildman–Crippen MR) is 122 cm³/mol. The van der Waals surface area contributed by atoms with Crippen LogP contribution in [0.3, 0.4) is 0 Å². The average molecular weight is 500 g/mol. The molecule has 2 aromatic carbocycles. The molecule has 0 saturated heterocycles. The molecule has 10 nitrogen and oxygen atoms in total. The smallest absolute Gasteiger partial charge is 0.250 e. The van der Waals surface area contributed by atoms with Gasteiger partial charge in [-0.1, -0.05) is 12.1 Å². The maximum Gasteiger partial charge on any atom is 0.250 e. The highest BCUT2D eigenvalue weighted by atomic mass is 32.2. The summed E-state index contributed by atoms with van der Waals surface area (Å²) in [5.74, 6) is -2.47. The van der Waals surface area contributed by atoms with E-state index in [1.165, 1.54) is 11.0 Å². The van der Waals surface area contributed by atoms with E-state index in [0.717, 1.165) is 6.07 Å². The van der Waals surface area contributed by atoms with Crippen LogP contribution in [0.2, 0.25) is 0 Å². The summed E-state index contributed by atoms with van der Waals surface area (Å²) in [6, 6.07) is 9.01.